The van der Waals surface area contributed by atoms with Gasteiger partial charge in [-0.05, 0) is 62.9 Å². The molecule has 1 spiro atoms. The van der Waals surface area contributed by atoms with E-state index in [-0.39, 0.29) is 17.4 Å². The van der Waals surface area contributed by atoms with E-state index in [1.807, 2.05) is 0 Å². The van der Waals surface area contributed by atoms with Gasteiger partial charge in [0, 0.05) is 0 Å². The average Bonchev–Trinajstić information content (AvgIpc) is 2.72. The zero-order chi connectivity index (χ0) is 16.7. The number of carbonyl (C=O) groups is 2. The molecule has 0 aromatic heterocycles. The van der Waals surface area contributed by atoms with E-state index in [4.69, 9.17) is 0 Å². The van der Waals surface area contributed by atoms with Gasteiger partial charge in [0.05, 0.1) is 6.67 Å². The number of rotatable bonds is 2. The zero-order valence-corrected chi connectivity index (χ0v) is 14.9. The van der Waals surface area contributed by atoms with Crippen molar-refractivity contribution in [2.45, 2.75) is 71.3 Å². The average molecular weight is 321 g/mol. The molecule has 3 fully saturated rings. The smallest absolute Gasteiger partial charge is 0.323 e. The molecule has 0 bridgehead atoms. The number of piperidine rings is 1. The third kappa shape index (κ3) is 3.25. The van der Waals surface area contributed by atoms with Gasteiger partial charge in [0.1, 0.15) is 5.54 Å². The van der Waals surface area contributed by atoms with Crippen LogP contribution in [-0.2, 0) is 4.79 Å². The van der Waals surface area contributed by atoms with Crippen molar-refractivity contribution in [2.24, 2.45) is 11.3 Å². The van der Waals surface area contributed by atoms with Crippen molar-refractivity contribution >= 4 is 11.9 Å². The van der Waals surface area contributed by atoms with Crippen LogP contribution in [0.5, 0.6) is 0 Å². The van der Waals surface area contributed by atoms with Crippen LogP contribution in [-0.4, -0.2) is 47.0 Å². The summed E-state index contributed by atoms with van der Waals surface area (Å²) in [5.41, 5.74) is -0.338. The Balaban J connectivity index is 1.64. The van der Waals surface area contributed by atoms with Gasteiger partial charge in [0.2, 0.25) is 0 Å². The maximum Gasteiger partial charge on any atom is 0.326 e. The van der Waals surface area contributed by atoms with E-state index < -0.39 is 5.54 Å². The Labute approximate surface area is 139 Å². The normalized spacial score (nSPS) is 33.3. The first-order valence-electron chi connectivity index (χ1n) is 9.18. The maximum absolute atomic E-state index is 12.9. The second-order valence-corrected chi connectivity index (χ2v) is 8.71. The first-order chi connectivity index (χ1) is 10.8. The predicted octanol–water partition coefficient (Wildman–Crippen LogP) is 2.96. The van der Waals surface area contributed by atoms with Crippen molar-refractivity contribution < 1.29 is 9.59 Å². The molecule has 0 radical (unpaired) electrons. The van der Waals surface area contributed by atoms with Crippen LogP contribution in [0.4, 0.5) is 4.79 Å². The summed E-state index contributed by atoms with van der Waals surface area (Å²) in [6, 6.07) is -0.185. The van der Waals surface area contributed by atoms with E-state index in [1.54, 1.807) is 0 Å². The van der Waals surface area contributed by atoms with Crippen LogP contribution in [0.15, 0.2) is 0 Å². The standard InChI is InChI=1S/C18H31N3O2/c1-17(2,3)14-7-9-18(10-8-14)15(22)21(16(23)19-18)13-20-11-5-4-6-12-20/h14H,4-13H2,1-3H3,(H,19,23). The van der Waals surface area contributed by atoms with Crippen molar-refractivity contribution in [3.8, 4) is 0 Å². The number of nitrogens with one attached hydrogen (secondary N) is 1. The number of amides is 3. The minimum Gasteiger partial charge on any atom is -0.323 e. The number of imide groups is 1. The molecule has 23 heavy (non-hydrogen) atoms. The molecule has 3 rings (SSSR count). The minimum atomic E-state index is -0.616. The van der Waals surface area contributed by atoms with E-state index in [1.165, 1.54) is 24.2 Å². The number of carbonyl (C=O) groups excluding carboxylic acids is 2. The summed E-state index contributed by atoms with van der Waals surface area (Å²) < 4.78 is 0. The summed E-state index contributed by atoms with van der Waals surface area (Å²) in [6.07, 6.45) is 7.21. The summed E-state index contributed by atoms with van der Waals surface area (Å²) >= 11 is 0. The lowest BCUT2D eigenvalue weighted by atomic mass is 9.67. The number of hydrogen-bond donors (Lipinski definition) is 1. The lowest BCUT2D eigenvalue weighted by molar-refractivity contribution is -0.134. The topological polar surface area (TPSA) is 52.7 Å². The van der Waals surface area contributed by atoms with Crippen molar-refractivity contribution in [3.63, 3.8) is 0 Å². The van der Waals surface area contributed by atoms with Gasteiger partial charge in [-0.25, -0.2) is 9.69 Å². The number of nitrogens with zero attached hydrogens (tertiary/aromatic N) is 2. The summed E-state index contributed by atoms with van der Waals surface area (Å²) in [7, 11) is 0. The van der Waals surface area contributed by atoms with Crippen LogP contribution in [0.3, 0.4) is 0 Å². The van der Waals surface area contributed by atoms with Crippen LogP contribution >= 0.6 is 0 Å². The second-order valence-electron chi connectivity index (χ2n) is 8.71. The van der Waals surface area contributed by atoms with Crippen LogP contribution in [0.25, 0.3) is 0 Å². The van der Waals surface area contributed by atoms with Gasteiger partial charge in [0.15, 0.2) is 0 Å². The van der Waals surface area contributed by atoms with E-state index >= 15 is 0 Å². The highest BCUT2D eigenvalue weighted by atomic mass is 16.2. The molecule has 1 aliphatic carbocycles. The van der Waals surface area contributed by atoms with Gasteiger partial charge < -0.3 is 5.32 Å². The molecule has 3 amide bonds. The molecule has 1 saturated carbocycles. The fraction of sp³-hybridized carbons (Fsp3) is 0.889. The molecule has 1 N–H and O–H groups in total. The summed E-state index contributed by atoms with van der Waals surface area (Å²) in [5.74, 6) is 0.648. The second kappa shape index (κ2) is 6.08. The van der Waals surface area contributed by atoms with Gasteiger partial charge in [-0.3, -0.25) is 9.69 Å². The largest absolute Gasteiger partial charge is 0.326 e. The first-order valence-corrected chi connectivity index (χ1v) is 9.18. The Morgan fingerprint density at radius 2 is 1.70 bits per heavy atom. The minimum absolute atomic E-state index is 0.0143. The monoisotopic (exact) mass is 321 g/mol. The first kappa shape index (κ1) is 16.7. The number of likely N-dealkylation sites (tertiary alicyclic amines) is 1. The predicted molar refractivity (Wildman–Crippen MR) is 89.8 cm³/mol. The van der Waals surface area contributed by atoms with E-state index in [2.05, 4.69) is 31.0 Å². The Morgan fingerprint density at radius 1 is 1.09 bits per heavy atom. The van der Waals surface area contributed by atoms with Crippen molar-refractivity contribution in [2.75, 3.05) is 19.8 Å². The van der Waals surface area contributed by atoms with Gasteiger partial charge in [-0.2, -0.15) is 0 Å². The van der Waals surface area contributed by atoms with Crippen molar-refractivity contribution in [1.29, 1.82) is 0 Å². The molecule has 0 atom stereocenters. The fourth-order valence-electron chi connectivity index (χ4n) is 4.42. The van der Waals surface area contributed by atoms with Crippen LogP contribution in [0, 0.1) is 11.3 Å². The quantitative estimate of drug-likeness (QED) is 0.796. The van der Waals surface area contributed by atoms with Crippen LogP contribution in [0.1, 0.15) is 65.7 Å². The molecule has 130 valence electrons. The van der Waals surface area contributed by atoms with Crippen molar-refractivity contribution in [3.05, 3.63) is 0 Å². The lowest BCUT2D eigenvalue weighted by Gasteiger charge is -2.40. The Hall–Kier alpha value is -1.10. The van der Waals surface area contributed by atoms with E-state index in [0.717, 1.165) is 38.8 Å². The molecule has 2 aliphatic heterocycles. The Bertz CT molecular complexity index is 469. The Morgan fingerprint density at radius 3 is 2.26 bits per heavy atom. The number of hydrogen-bond acceptors (Lipinski definition) is 3. The van der Waals surface area contributed by atoms with Crippen LogP contribution < -0.4 is 5.32 Å². The van der Waals surface area contributed by atoms with E-state index in [0.29, 0.717) is 12.6 Å². The molecule has 0 unspecified atom stereocenters. The lowest BCUT2D eigenvalue weighted by Crippen LogP contribution is -2.51. The molecule has 0 aromatic carbocycles. The van der Waals surface area contributed by atoms with Crippen molar-refractivity contribution in [1.82, 2.24) is 15.1 Å². The number of urea groups is 1. The van der Waals surface area contributed by atoms with Crippen LogP contribution in [0.2, 0.25) is 0 Å². The van der Waals surface area contributed by atoms with Gasteiger partial charge in [-0.1, -0.05) is 27.2 Å². The molecular formula is C18H31N3O2. The fourth-order valence-corrected chi connectivity index (χ4v) is 4.42. The zero-order valence-electron chi connectivity index (χ0n) is 14.9. The van der Waals surface area contributed by atoms with Gasteiger partial charge in [-0.15, -0.1) is 0 Å². The Kier molecular flexibility index (Phi) is 4.43. The van der Waals surface area contributed by atoms with Gasteiger partial charge in [0.25, 0.3) is 5.91 Å². The third-order valence-corrected chi connectivity index (χ3v) is 6.10. The molecule has 3 aliphatic rings. The maximum atomic E-state index is 12.9. The molecule has 2 saturated heterocycles. The SMILES string of the molecule is CC(C)(C)C1CCC2(CC1)NC(=O)N(CN1CCCCC1)C2=O. The van der Waals surface area contributed by atoms with E-state index in [9.17, 15) is 9.59 Å². The highest BCUT2D eigenvalue weighted by Gasteiger charge is 2.53. The summed E-state index contributed by atoms with van der Waals surface area (Å²) in [6.45, 7) is 9.27. The molecule has 0 aromatic rings. The molecular weight excluding hydrogens is 290 g/mol. The molecule has 5 heteroatoms. The molecule has 2 heterocycles. The third-order valence-electron chi connectivity index (χ3n) is 6.10. The summed E-state index contributed by atoms with van der Waals surface area (Å²) in [4.78, 5) is 29.0. The summed E-state index contributed by atoms with van der Waals surface area (Å²) in [5, 5.41) is 3.04. The van der Waals surface area contributed by atoms with Gasteiger partial charge >= 0.3 is 6.03 Å². The molecule has 5 nitrogen and oxygen atoms in total. The highest BCUT2D eigenvalue weighted by Crippen LogP contribution is 2.43. The highest BCUT2D eigenvalue weighted by molar-refractivity contribution is 6.07.